The van der Waals surface area contributed by atoms with E-state index in [2.05, 4.69) is 20.9 Å². The predicted molar refractivity (Wildman–Crippen MR) is 89.8 cm³/mol. The molecule has 2 fully saturated rings. The molecular weight excluding hydrogens is 284 g/mol. The largest absolute Gasteiger partial charge is 0.356 e. The summed E-state index contributed by atoms with van der Waals surface area (Å²) in [4.78, 5) is 15.9. The van der Waals surface area contributed by atoms with Crippen LogP contribution in [-0.4, -0.2) is 49.6 Å². The normalized spacial score (nSPS) is 22.7. The van der Waals surface area contributed by atoms with Crippen molar-refractivity contribution in [1.29, 1.82) is 0 Å². The Morgan fingerprint density at radius 1 is 1.14 bits per heavy atom. The lowest BCUT2D eigenvalue weighted by molar-refractivity contribution is -0.127. The summed E-state index contributed by atoms with van der Waals surface area (Å²) in [5, 5.41) is 10.4. The minimum absolute atomic E-state index is 0.238. The van der Waals surface area contributed by atoms with Crippen LogP contribution in [0.15, 0.2) is 4.99 Å². The van der Waals surface area contributed by atoms with Gasteiger partial charge in [-0.05, 0) is 37.9 Å². The Kier molecular flexibility index (Phi) is 7.19. The van der Waals surface area contributed by atoms with E-state index in [1.807, 2.05) is 11.8 Å². The summed E-state index contributed by atoms with van der Waals surface area (Å²) < 4.78 is 0. The fraction of sp³-hybridized carbons (Fsp3) is 0.867. The first-order valence-corrected chi connectivity index (χ1v) is 9.18. The predicted octanol–water partition coefficient (Wildman–Crippen LogP) is 1.35. The molecule has 1 heterocycles. The molecular formula is C15H28N4OS. The average Bonchev–Trinajstić information content (AvgIpc) is 2.93. The van der Waals surface area contributed by atoms with E-state index >= 15 is 0 Å². The summed E-state index contributed by atoms with van der Waals surface area (Å²) in [7, 11) is 1.80. The topological polar surface area (TPSA) is 65.5 Å². The monoisotopic (exact) mass is 312 g/mol. The number of carbonyl (C=O) groups excluding carboxylic acids is 1. The van der Waals surface area contributed by atoms with Gasteiger partial charge in [-0.25, -0.2) is 0 Å². The third kappa shape index (κ3) is 5.77. The smallest absolute Gasteiger partial charge is 0.223 e. The van der Waals surface area contributed by atoms with Crippen molar-refractivity contribution in [3.8, 4) is 0 Å². The Bertz CT molecular complexity index is 352. The number of hydrogen-bond acceptors (Lipinski definition) is 3. The van der Waals surface area contributed by atoms with Gasteiger partial charge in [-0.15, -0.1) is 0 Å². The molecule has 0 aromatic rings. The van der Waals surface area contributed by atoms with Gasteiger partial charge < -0.3 is 16.0 Å². The molecule has 5 nitrogen and oxygen atoms in total. The van der Waals surface area contributed by atoms with E-state index in [4.69, 9.17) is 0 Å². The summed E-state index contributed by atoms with van der Waals surface area (Å²) in [5.41, 5.74) is 0. The van der Waals surface area contributed by atoms with E-state index in [1.54, 1.807) is 7.05 Å². The lowest BCUT2D eigenvalue weighted by Crippen LogP contribution is -2.41. The highest BCUT2D eigenvalue weighted by Crippen LogP contribution is 2.26. The van der Waals surface area contributed by atoms with Crippen molar-refractivity contribution < 1.29 is 4.79 Å². The average molecular weight is 312 g/mol. The minimum atomic E-state index is 0.238. The minimum Gasteiger partial charge on any atom is -0.356 e. The van der Waals surface area contributed by atoms with E-state index in [-0.39, 0.29) is 11.8 Å². The van der Waals surface area contributed by atoms with E-state index in [9.17, 15) is 4.79 Å². The van der Waals surface area contributed by atoms with Crippen LogP contribution in [0.4, 0.5) is 0 Å². The van der Waals surface area contributed by atoms with Crippen LogP contribution in [0.2, 0.25) is 0 Å². The number of hydrogen-bond donors (Lipinski definition) is 3. The number of nitrogens with one attached hydrogen (secondary N) is 3. The van der Waals surface area contributed by atoms with Crippen LogP contribution in [0, 0.1) is 5.92 Å². The zero-order valence-electron chi connectivity index (χ0n) is 13.0. The van der Waals surface area contributed by atoms with E-state index in [1.165, 1.54) is 25.0 Å². The van der Waals surface area contributed by atoms with Crippen molar-refractivity contribution in [3.63, 3.8) is 0 Å². The fourth-order valence-electron chi connectivity index (χ4n) is 2.56. The zero-order chi connectivity index (χ0) is 14.9. The Balaban J connectivity index is 1.48. The van der Waals surface area contributed by atoms with Gasteiger partial charge in [0.1, 0.15) is 0 Å². The van der Waals surface area contributed by atoms with Crippen LogP contribution >= 0.6 is 11.8 Å². The molecule has 1 amide bonds. The fourth-order valence-corrected chi connectivity index (χ4v) is 3.76. The standard InChI is InChI=1S/C15H28N4OS/c1-16-15(19-11-13-7-3-10-21-13)18-9-4-8-17-14(20)12-5-2-6-12/h12-13H,2-11H2,1H3,(H,17,20)(H2,16,18,19). The second kappa shape index (κ2) is 9.18. The lowest BCUT2D eigenvalue weighted by atomic mass is 9.85. The molecule has 0 aromatic carbocycles. The molecule has 0 spiro atoms. The first kappa shape index (κ1) is 16.5. The highest BCUT2D eigenvalue weighted by molar-refractivity contribution is 8.00. The molecule has 120 valence electrons. The van der Waals surface area contributed by atoms with Crippen molar-refractivity contribution in [2.45, 2.75) is 43.8 Å². The molecule has 3 N–H and O–H groups in total. The number of aliphatic imine (C=N–C) groups is 1. The van der Waals surface area contributed by atoms with Crippen molar-refractivity contribution >= 4 is 23.6 Å². The first-order valence-electron chi connectivity index (χ1n) is 8.13. The van der Waals surface area contributed by atoms with Crippen LogP contribution in [0.5, 0.6) is 0 Å². The molecule has 0 radical (unpaired) electrons. The molecule has 0 bridgehead atoms. The lowest BCUT2D eigenvalue weighted by Gasteiger charge is -2.24. The SMILES string of the molecule is CN=C(NCCCNC(=O)C1CCC1)NCC1CCCS1. The summed E-state index contributed by atoms with van der Waals surface area (Å²) in [6, 6.07) is 0. The molecule has 1 unspecified atom stereocenters. The summed E-state index contributed by atoms with van der Waals surface area (Å²) in [6.45, 7) is 2.57. The van der Waals surface area contributed by atoms with E-state index < -0.39 is 0 Å². The molecule has 1 atom stereocenters. The highest BCUT2D eigenvalue weighted by Gasteiger charge is 2.24. The van der Waals surface area contributed by atoms with Gasteiger partial charge in [0.05, 0.1) is 0 Å². The summed E-state index contributed by atoms with van der Waals surface area (Å²) >= 11 is 2.05. The van der Waals surface area contributed by atoms with Crippen molar-refractivity contribution in [1.82, 2.24) is 16.0 Å². The van der Waals surface area contributed by atoms with Crippen LogP contribution in [-0.2, 0) is 4.79 Å². The van der Waals surface area contributed by atoms with Gasteiger partial charge in [-0.1, -0.05) is 6.42 Å². The van der Waals surface area contributed by atoms with Crippen molar-refractivity contribution in [3.05, 3.63) is 0 Å². The van der Waals surface area contributed by atoms with Gasteiger partial charge in [0.15, 0.2) is 5.96 Å². The van der Waals surface area contributed by atoms with Gasteiger partial charge in [-0.2, -0.15) is 11.8 Å². The quantitative estimate of drug-likeness (QED) is 0.377. The molecule has 1 aliphatic heterocycles. The molecule has 1 aliphatic carbocycles. The van der Waals surface area contributed by atoms with Gasteiger partial charge in [-0.3, -0.25) is 9.79 Å². The summed E-state index contributed by atoms with van der Waals surface area (Å²) in [6.07, 6.45) is 6.92. The molecule has 6 heteroatoms. The number of rotatable bonds is 7. The first-order chi connectivity index (χ1) is 10.3. The highest BCUT2D eigenvalue weighted by atomic mass is 32.2. The number of nitrogens with zero attached hydrogens (tertiary/aromatic N) is 1. The van der Waals surface area contributed by atoms with E-state index in [0.717, 1.165) is 50.1 Å². The number of carbonyl (C=O) groups is 1. The molecule has 2 aliphatic rings. The Labute approximate surface area is 132 Å². The maximum absolute atomic E-state index is 11.7. The number of thioether (sulfide) groups is 1. The molecule has 2 rings (SSSR count). The Hall–Kier alpha value is -0.910. The Morgan fingerprint density at radius 3 is 2.57 bits per heavy atom. The summed E-state index contributed by atoms with van der Waals surface area (Å²) in [5.74, 6) is 2.69. The molecule has 1 saturated carbocycles. The van der Waals surface area contributed by atoms with Crippen molar-refractivity contribution in [2.24, 2.45) is 10.9 Å². The number of amides is 1. The molecule has 1 saturated heterocycles. The van der Waals surface area contributed by atoms with Gasteiger partial charge in [0.2, 0.25) is 5.91 Å². The third-order valence-electron chi connectivity index (χ3n) is 4.17. The van der Waals surface area contributed by atoms with Crippen LogP contribution in [0.1, 0.15) is 38.5 Å². The van der Waals surface area contributed by atoms with E-state index in [0.29, 0.717) is 0 Å². The Morgan fingerprint density at radius 2 is 1.95 bits per heavy atom. The van der Waals surface area contributed by atoms with Gasteiger partial charge in [0, 0.05) is 37.8 Å². The van der Waals surface area contributed by atoms with Crippen LogP contribution in [0.3, 0.4) is 0 Å². The second-order valence-electron chi connectivity index (χ2n) is 5.79. The van der Waals surface area contributed by atoms with Crippen LogP contribution in [0.25, 0.3) is 0 Å². The maximum atomic E-state index is 11.7. The van der Waals surface area contributed by atoms with Crippen molar-refractivity contribution in [2.75, 3.05) is 32.4 Å². The second-order valence-corrected chi connectivity index (χ2v) is 7.20. The van der Waals surface area contributed by atoms with Gasteiger partial charge in [0.25, 0.3) is 0 Å². The van der Waals surface area contributed by atoms with Gasteiger partial charge >= 0.3 is 0 Å². The number of guanidine groups is 1. The third-order valence-corrected chi connectivity index (χ3v) is 5.56. The van der Waals surface area contributed by atoms with Crippen LogP contribution < -0.4 is 16.0 Å². The molecule has 0 aromatic heterocycles. The maximum Gasteiger partial charge on any atom is 0.223 e. The molecule has 21 heavy (non-hydrogen) atoms. The zero-order valence-corrected chi connectivity index (χ0v) is 13.8.